The molecule has 2 rings (SSSR count). The molecule has 1 fully saturated rings. The van der Waals surface area contributed by atoms with Crippen LogP contribution in [0.15, 0.2) is 30.3 Å². The van der Waals surface area contributed by atoms with E-state index < -0.39 is 31.3 Å². The first-order chi connectivity index (χ1) is 10.00. The molecule has 116 valence electrons. The molecule has 21 heavy (non-hydrogen) atoms. The Bertz CT molecular complexity index is 469. The lowest BCUT2D eigenvalue weighted by Crippen LogP contribution is -2.41. The molecular weight excluding hydrogens is 284 g/mol. The third kappa shape index (κ3) is 4.64. The van der Waals surface area contributed by atoms with E-state index in [9.17, 15) is 13.6 Å². The minimum Gasteiger partial charge on any atom is -0.477 e. The smallest absolute Gasteiger partial charge is 0.350 e. The number of esters is 1. The predicted molar refractivity (Wildman–Crippen MR) is 70.0 cm³/mol. The zero-order chi connectivity index (χ0) is 15.3. The van der Waals surface area contributed by atoms with Gasteiger partial charge in [-0.25, -0.2) is 13.6 Å². The average molecular weight is 301 g/mol. The van der Waals surface area contributed by atoms with Crippen LogP contribution in [0.2, 0.25) is 0 Å². The highest BCUT2D eigenvalue weighted by atomic mass is 19.3. The third-order valence-electron chi connectivity index (χ3n) is 3.16. The van der Waals surface area contributed by atoms with E-state index >= 15 is 0 Å². The molecule has 1 atom stereocenters. The maximum atomic E-state index is 13.2. The molecule has 1 N–H and O–H groups in total. The molecule has 0 spiro atoms. The number of rotatable bonds is 6. The number of halogens is 2. The number of benzene rings is 1. The van der Waals surface area contributed by atoms with Crippen LogP contribution in [-0.4, -0.2) is 54.4 Å². The van der Waals surface area contributed by atoms with Gasteiger partial charge < -0.3 is 14.6 Å². The van der Waals surface area contributed by atoms with Crippen LogP contribution in [0.3, 0.4) is 0 Å². The maximum absolute atomic E-state index is 13.2. The number of hydrogen-bond acceptors (Lipinski definition) is 5. The van der Waals surface area contributed by atoms with Crippen LogP contribution in [0, 0.1) is 0 Å². The molecule has 1 saturated heterocycles. The Balaban J connectivity index is 2.00. The fraction of sp³-hybridized carbons (Fsp3) is 0.500. The van der Waals surface area contributed by atoms with E-state index in [2.05, 4.69) is 4.74 Å². The van der Waals surface area contributed by atoms with Crippen LogP contribution >= 0.6 is 0 Å². The van der Waals surface area contributed by atoms with Crippen molar-refractivity contribution in [3.63, 3.8) is 0 Å². The molecule has 1 heterocycles. The second-order valence-electron chi connectivity index (χ2n) is 4.85. The highest BCUT2D eigenvalue weighted by Gasteiger charge is 2.40. The van der Waals surface area contributed by atoms with Crippen molar-refractivity contribution in [2.24, 2.45) is 0 Å². The summed E-state index contributed by atoms with van der Waals surface area (Å²) in [5, 5.41) is 8.66. The van der Waals surface area contributed by atoms with Gasteiger partial charge in [-0.3, -0.25) is 4.90 Å². The minimum absolute atomic E-state index is 0.0106. The lowest BCUT2D eigenvalue weighted by molar-refractivity contribution is -0.161. The summed E-state index contributed by atoms with van der Waals surface area (Å²) < 4.78 is 36.4. The van der Waals surface area contributed by atoms with E-state index in [4.69, 9.17) is 9.84 Å². The van der Waals surface area contributed by atoms with Crippen LogP contribution in [0.1, 0.15) is 6.42 Å². The largest absolute Gasteiger partial charge is 0.477 e. The number of para-hydroxylation sites is 1. The number of hydrogen-bond donors (Lipinski definition) is 1. The molecular formula is C14H17F2NO4. The summed E-state index contributed by atoms with van der Waals surface area (Å²) in [4.78, 5) is 13.2. The fourth-order valence-corrected chi connectivity index (χ4v) is 2.18. The van der Waals surface area contributed by atoms with Crippen LogP contribution in [-0.2, 0) is 9.53 Å². The molecule has 0 saturated carbocycles. The molecule has 5 nitrogen and oxygen atoms in total. The Morgan fingerprint density at radius 1 is 1.38 bits per heavy atom. The summed E-state index contributed by atoms with van der Waals surface area (Å²) in [6.07, 6.45) is -1.30. The SMILES string of the molecule is O=C(OCO)C(CN1CCC(F)(F)C1)Oc1ccccc1. The van der Waals surface area contributed by atoms with Gasteiger partial charge in [0.25, 0.3) is 5.92 Å². The van der Waals surface area contributed by atoms with Crippen molar-refractivity contribution in [3.05, 3.63) is 30.3 Å². The lowest BCUT2D eigenvalue weighted by atomic mass is 10.3. The molecule has 1 aromatic carbocycles. The Hall–Kier alpha value is -1.73. The van der Waals surface area contributed by atoms with Gasteiger partial charge in [-0.05, 0) is 12.1 Å². The zero-order valence-corrected chi connectivity index (χ0v) is 11.4. The Labute approximate surface area is 121 Å². The first kappa shape index (κ1) is 15.7. The maximum Gasteiger partial charge on any atom is 0.350 e. The topological polar surface area (TPSA) is 59.0 Å². The molecule has 0 bridgehead atoms. The molecule has 1 aliphatic heterocycles. The molecule has 0 amide bonds. The quantitative estimate of drug-likeness (QED) is 0.633. The van der Waals surface area contributed by atoms with Crippen molar-refractivity contribution >= 4 is 5.97 Å². The second kappa shape index (κ2) is 6.82. The normalized spacial score (nSPS) is 19.2. The number of aliphatic hydroxyl groups excluding tert-OH is 1. The fourth-order valence-electron chi connectivity index (χ4n) is 2.18. The standard InChI is InChI=1S/C14H17F2NO4/c15-14(16)6-7-17(9-14)8-12(13(19)20-10-18)21-11-4-2-1-3-5-11/h1-5,12,18H,6-10H2. The molecule has 1 unspecified atom stereocenters. The average Bonchev–Trinajstić information content (AvgIpc) is 2.79. The highest BCUT2D eigenvalue weighted by Crippen LogP contribution is 2.27. The van der Waals surface area contributed by atoms with E-state index in [1.54, 1.807) is 30.3 Å². The summed E-state index contributed by atoms with van der Waals surface area (Å²) in [6, 6.07) is 8.55. The Morgan fingerprint density at radius 2 is 2.10 bits per heavy atom. The summed E-state index contributed by atoms with van der Waals surface area (Å²) in [7, 11) is 0. The van der Waals surface area contributed by atoms with Crippen molar-refractivity contribution in [2.75, 3.05) is 26.4 Å². The van der Waals surface area contributed by atoms with Gasteiger partial charge in [0.1, 0.15) is 5.75 Å². The molecule has 0 aromatic heterocycles. The number of carbonyl (C=O) groups is 1. The van der Waals surface area contributed by atoms with E-state index in [0.717, 1.165) is 0 Å². The summed E-state index contributed by atoms with van der Waals surface area (Å²) in [5.41, 5.74) is 0. The van der Waals surface area contributed by atoms with Gasteiger partial charge in [0.15, 0.2) is 6.79 Å². The van der Waals surface area contributed by atoms with Gasteiger partial charge in [0.05, 0.1) is 6.54 Å². The number of carbonyl (C=O) groups excluding carboxylic acids is 1. The van der Waals surface area contributed by atoms with E-state index in [1.165, 1.54) is 4.90 Å². The molecule has 1 aliphatic rings. The lowest BCUT2D eigenvalue weighted by Gasteiger charge is -2.23. The van der Waals surface area contributed by atoms with Crippen LogP contribution in [0.5, 0.6) is 5.75 Å². The Morgan fingerprint density at radius 3 is 2.67 bits per heavy atom. The van der Waals surface area contributed by atoms with E-state index in [1.807, 2.05) is 0 Å². The number of alkyl halides is 2. The number of nitrogens with zero attached hydrogens (tertiary/aromatic N) is 1. The van der Waals surface area contributed by atoms with Gasteiger partial charge in [-0.1, -0.05) is 18.2 Å². The van der Waals surface area contributed by atoms with Crippen molar-refractivity contribution in [1.82, 2.24) is 4.90 Å². The third-order valence-corrected chi connectivity index (χ3v) is 3.16. The predicted octanol–water partition coefficient (Wildman–Crippen LogP) is 1.27. The monoisotopic (exact) mass is 301 g/mol. The van der Waals surface area contributed by atoms with Gasteiger partial charge in [0.2, 0.25) is 6.10 Å². The molecule has 1 aromatic rings. The first-order valence-electron chi connectivity index (χ1n) is 6.59. The van der Waals surface area contributed by atoms with Gasteiger partial charge in [0, 0.05) is 19.5 Å². The number of likely N-dealkylation sites (tertiary alicyclic amines) is 1. The summed E-state index contributed by atoms with van der Waals surface area (Å²) in [6.45, 7) is -1.00. The summed E-state index contributed by atoms with van der Waals surface area (Å²) in [5.74, 6) is -3.09. The van der Waals surface area contributed by atoms with E-state index in [0.29, 0.717) is 5.75 Å². The minimum atomic E-state index is -2.74. The van der Waals surface area contributed by atoms with E-state index in [-0.39, 0.29) is 19.5 Å². The van der Waals surface area contributed by atoms with Crippen molar-refractivity contribution in [1.29, 1.82) is 0 Å². The van der Waals surface area contributed by atoms with Crippen LogP contribution in [0.25, 0.3) is 0 Å². The van der Waals surface area contributed by atoms with Crippen molar-refractivity contribution < 1.29 is 28.2 Å². The Kier molecular flexibility index (Phi) is 5.08. The number of aliphatic hydroxyl groups is 1. The van der Waals surface area contributed by atoms with Crippen molar-refractivity contribution in [2.45, 2.75) is 18.4 Å². The highest BCUT2D eigenvalue weighted by molar-refractivity contribution is 5.75. The van der Waals surface area contributed by atoms with Gasteiger partial charge in [-0.2, -0.15) is 0 Å². The van der Waals surface area contributed by atoms with Gasteiger partial charge >= 0.3 is 5.97 Å². The number of ether oxygens (including phenoxy) is 2. The van der Waals surface area contributed by atoms with Gasteiger partial charge in [-0.15, -0.1) is 0 Å². The molecule has 7 heteroatoms. The van der Waals surface area contributed by atoms with Crippen LogP contribution < -0.4 is 4.74 Å². The molecule has 0 aliphatic carbocycles. The molecule has 0 radical (unpaired) electrons. The zero-order valence-electron chi connectivity index (χ0n) is 11.4. The summed E-state index contributed by atoms with van der Waals surface area (Å²) >= 11 is 0. The first-order valence-corrected chi connectivity index (χ1v) is 6.59. The second-order valence-corrected chi connectivity index (χ2v) is 4.85. The van der Waals surface area contributed by atoms with Crippen molar-refractivity contribution in [3.8, 4) is 5.75 Å². The van der Waals surface area contributed by atoms with Crippen LogP contribution in [0.4, 0.5) is 8.78 Å².